The summed E-state index contributed by atoms with van der Waals surface area (Å²) < 4.78 is 0. The van der Waals surface area contributed by atoms with Crippen molar-refractivity contribution < 1.29 is 55.3 Å². The normalized spacial score (nSPS) is 28.0. The molecular formula is C13H16N3NaO5S. The molecule has 3 N–H and O–H groups in total. The van der Waals surface area contributed by atoms with Gasteiger partial charge in [-0.05, 0) is 6.42 Å². The minimum atomic E-state index is -1.20. The van der Waals surface area contributed by atoms with E-state index in [-0.39, 0.29) is 66.2 Å². The molecule has 0 aliphatic carbocycles. The number of β-lactam (4-membered cyclic amide) rings is 1. The smallest absolute Gasteiger partial charge is 1.00 e. The van der Waals surface area contributed by atoms with Crippen LogP contribution in [0.25, 0.3) is 0 Å². The van der Waals surface area contributed by atoms with E-state index in [0.29, 0.717) is 17.9 Å². The van der Waals surface area contributed by atoms with Gasteiger partial charge in [0.2, 0.25) is 11.8 Å². The molecule has 3 atom stereocenters. The Morgan fingerprint density at radius 2 is 2.09 bits per heavy atom. The molecule has 3 heterocycles. The van der Waals surface area contributed by atoms with Crippen molar-refractivity contribution in [3.63, 3.8) is 0 Å². The van der Waals surface area contributed by atoms with Crippen LogP contribution in [0.15, 0.2) is 10.6 Å². The van der Waals surface area contributed by atoms with E-state index in [4.69, 9.17) is 5.73 Å². The molecule has 0 aromatic heterocycles. The Kier molecular flexibility index (Phi) is 5.15. The summed E-state index contributed by atoms with van der Waals surface area (Å²) in [6.45, 7) is 1.84. The molecular weight excluding hydrogens is 333 g/mol. The number of hydrogen-bond donors (Lipinski definition) is 2. The second-order valence-electron chi connectivity index (χ2n) is 5.61. The second kappa shape index (κ2) is 6.46. The standard InChI is InChI=1S/C13H15N3O5S.Na.H/c1-5(17)15-3-6-2-7(22-4-8(14)18)10(13(20)21)16-9(6)11(15)12(16)19;;/h6,9,11H,2-4H2,1H3,(H2,14,18)(H,20,21);;/q;+1;-1/t6-,9-,11+;;/m1../s1. The summed E-state index contributed by atoms with van der Waals surface area (Å²) >= 11 is 1.06. The number of carbonyl (C=O) groups is 4. The first-order valence-electron chi connectivity index (χ1n) is 6.80. The summed E-state index contributed by atoms with van der Waals surface area (Å²) in [7, 11) is 0. The number of aliphatic carboxylic acids is 1. The molecule has 0 aromatic rings. The summed E-state index contributed by atoms with van der Waals surface area (Å²) in [6, 6.07) is -0.806. The van der Waals surface area contributed by atoms with E-state index >= 15 is 0 Å². The third kappa shape index (κ3) is 2.79. The number of primary amides is 1. The molecule has 3 aliphatic heterocycles. The molecule has 10 heteroatoms. The van der Waals surface area contributed by atoms with Gasteiger partial charge in [-0.1, -0.05) is 0 Å². The Morgan fingerprint density at radius 1 is 1.43 bits per heavy atom. The van der Waals surface area contributed by atoms with E-state index in [1.807, 2.05) is 0 Å². The molecule has 0 unspecified atom stereocenters. The molecule has 2 fully saturated rings. The van der Waals surface area contributed by atoms with Crippen LogP contribution in [0.3, 0.4) is 0 Å². The van der Waals surface area contributed by atoms with E-state index in [0.717, 1.165) is 11.8 Å². The number of nitrogens with two attached hydrogens (primary N) is 1. The number of thioether (sulfide) groups is 1. The van der Waals surface area contributed by atoms with Crippen LogP contribution in [0.2, 0.25) is 0 Å². The fourth-order valence-corrected chi connectivity index (χ4v) is 4.47. The van der Waals surface area contributed by atoms with Gasteiger partial charge < -0.3 is 17.2 Å². The predicted molar refractivity (Wildman–Crippen MR) is 77.3 cm³/mol. The van der Waals surface area contributed by atoms with Gasteiger partial charge in [0.25, 0.3) is 5.91 Å². The quantitative estimate of drug-likeness (QED) is 0.395. The summed E-state index contributed by atoms with van der Waals surface area (Å²) in [5.41, 5.74) is 5.04. The van der Waals surface area contributed by atoms with Gasteiger partial charge in [0, 0.05) is 24.3 Å². The Bertz CT molecular complexity index is 643. The summed E-state index contributed by atoms with van der Waals surface area (Å²) in [4.78, 5) is 49.7. The fourth-order valence-electron chi connectivity index (χ4n) is 3.50. The van der Waals surface area contributed by atoms with E-state index in [1.54, 1.807) is 0 Å². The van der Waals surface area contributed by atoms with Gasteiger partial charge in [-0.25, -0.2) is 4.79 Å². The molecule has 2 saturated heterocycles. The Morgan fingerprint density at radius 3 is 2.61 bits per heavy atom. The van der Waals surface area contributed by atoms with Crippen LogP contribution < -0.4 is 35.3 Å². The second-order valence-corrected chi connectivity index (χ2v) is 6.68. The zero-order valence-electron chi connectivity index (χ0n) is 13.8. The van der Waals surface area contributed by atoms with Crippen LogP contribution in [0, 0.1) is 5.92 Å². The monoisotopic (exact) mass is 349 g/mol. The van der Waals surface area contributed by atoms with Crippen molar-refractivity contribution in [3.05, 3.63) is 10.6 Å². The molecule has 23 heavy (non-hydrogen) atoms. The van der Waals surface area contributed by atoms with Crippen molar-refractivity contribution in [2.45, 2.75) is 25.4 Å². The molecule has 120 valence electrons. The van der Waals surface area contributed by atoms with E-state index in [1.165, 1.54) is 16.7 Å². The van der Waals surface area contributed by atoms with Crippen LogP contribution in [-0.4, -0.2) is 63.0 Å². The Hall–Kier alpha value is -1.03. The third-order valence-corrected chi connectivity index (χ3v) is 5.45. The summed E-state index contributed by atoms with van der Waals surface area (Å²) in [6.07, 6.45) is 0.439. The molecule has 0 aromatic carbocycles. The number of allylic oxidation sites excluding steroid dienone is 1. The van der Waals surface area contributed by atoms with Crippen LogP contribution in [0.5, 0.6) is 0 Å². The number of rotatable bonds is 4. The van der Waals surface area contributed by atoms with Crippen LogP contribution in [-0.2, 0) is 19.2 Å². The first kappa shape index (κ1) is 18.3. The largest absolute Gasteiger partial charge is 1.00 e. The zero-order valence-corrected chi connectivity index (χ0v) is 15.6. The summed E-state index contributed by atoms with van der Waals surface area (Å²) in [5, 5.41) is 9.42. The number of nitrogens with zero attached hydrogens (tertiary/aromatic N) is 2. The number of carboxylic acids is 1. The Labute approximate surface area is 160 Å². The van der Waals surface area contributed by atoms with Gasteiger partial charge in [-0.15, -0.1) is 11.8 Å². The maximum absolute atomic E-state index is 12.3. The predicted octanol–water partition coefficient (Wildman–Crippen LogP) is -3.92. The van der Waals surface area contributed by atoms with Gasteiger partial charge in [-0.3, -0.25) is 19.3 Å². The Balaban J connectivity index is 0.00000144. The zero-order chi connectivity index (χ0) is 16.2. The number of likely N-dealkylation sites (tertiary alicyclic amines) is 1. The molecule has 3 amide bonds. The number of carboxylic acid groups (broad SMARTS) is 1. The SMILES string of the molecule is CC(=O)N1C[C@H]2CC(SCC(N)=O)=C(C(=O)O)N3C(=O)[C@@H]1[C@@H]23.[H-].[Na+]. The van der Waals surface area contributed by atoms with Gasteiger partial charge >= 0.3 is 35.5 Å². The molecule has 0 saturated carbocycles. The third-order valence-electron chi connectivity index (χ3n) is 4.31. The molecule has 3 rings (SSSR count). The van der Waals surface area contributed by atoms with Crippen molar-refractivity contribution >= 4 is 35.5 Å². The van der Waals surface area contributed by atoms with Crippen LogP contribution in [0.4, 0.5) is 0 Å². The first-order valence-corrected chi connectivity index (χ1v) is 7.79. The van der Waals surface area contributed by atoms with Gasteiger partial charge in [0.05, 0.1) is 11.8 Å². The molecule has 3 aliphatic rings. The molecule has 8 nitrogen and oxygen atoms in total. The van der Waals surface area contributed by atoms with E-state index in [9.17, 15) is 24.3 Å². The summed E-state index contributed by atoms with van der Waals surface area (Å²) in [5.74, 6) is -2.32. The van der Waals surface area contributed by atoms with Crippen molar-refractivity contribution in [3.8, 4) is 0 Å². The van der Waals surface area contributed by atoms with Gasteiger partial charge in [-0.2, -0.15) is 0 Å². The topological polar surface area (TPSA) is 121 Å². The van der Waals surface area contributed by atoms with Crippen LogP contribution in [0.1, 0.15) is 14.8 Å². The van der Waals surface area contributed by atoms with Crippen molar-refractivity contribution in [1.29, 1.82) is 0 Å². The van der Waals surface area contributed by atoms with E-state index < -0.39 is 17.9 Å². The van der Waals surface area contributed by atoms with Crippen molar-refractivity contribution in [2.75, 3.05) is 12.3 Å². The van der Waals surface area contributed by atoms with Crippen LogP contribution >= 0.6 is 11.8 Å². The van der Waals surface area contributed by atoms with Crippen molar-refractivity contribution in [2.24, 2.45) is 11.7 Å². The van der Waals surface area contributed by atoms with Crippen molar-refractivity contribution in [1.82, 2.24) is 9.80 Å². The minimum Gasteiger partial charge on any atom is -1.00 e. The van der Waals surface area contributed by atoms with Gasteiger partial charge in [0.1, 0.15) is 11.7 Å². The number of amides is 3. The average molecular weight is 349 g/mol. The number of hydrogen-bond acceptors (Lipinski definition) is 5. The van der Waals surface area contributed by atoms with E-state index in [2.05, 4.69) is 0 Å². The fraction of sp³-hybridized carbons (Fsp3) is 0.538. The maximum Gasteiger partial charge on any atom is 1.00 e. The molecule has 0 radical (unpaired) electrons. The molecule has 0 spiro atoms. The van der Waals surface area contributed by atoms with Gasteiger partial charge in [0.15, 0.2) is 0 Å². The minimum absolute atomic E-state index is 0. The first-order chi connectivity index (χ1) is 10.3. The number of carbonyl (C=O) groups excluding carboxylic acids is 3. The molecule has 0 bridgehead atoms. The average Bonchev–Trinajstić information content (AvgIpc) is 2.79. The maximum atomic E-state index is 12.3.